The lowest BCUT2D eigenvalue weighted by Gasteiger charge is -2.08. The molecule has 14 heteroatoms. The molecular formula is C49H97I2O9P3. The number of aliphatic hydroxyl groups is 5. The number of hydrogen-bond donors (Lipinski definition) is 5. The Morgan fingerprint density at radius 3 is 1.33 bits per heavy atom. The lowest BCUT2D eigenvalue weighted by Crippen LogP contribution is -2.22. The van der Waals surface area contributed by atoms with Crippen molar-refractivity contribution in [2.45, 2.75) is 190 Å². The minimum Gasteiger partial charge on any atom is -0.394 e. The van der Waals surface area contributed by atoms with Crippen molar-refractivity contribution in [2.24, 2.45) is 0 Å². The van der Waals surface area contributed by atoms with Gasteiger partial charge in [-0.05, 0) is 139 Å². The van der Waals surface area contributed by atoms with Gasteiger partial charge in [0.1, 0.15) is 18.3 Å². The van der Waals surface area contributed by atoms with Gasteiger partial charge in [-0.3, -0.25) is 0 Å². The van der Waals surface area contributed by atoms with Gasteiger partial charge >= 0.3 is 0 Å². The fraction of sp³-hybridized carbons (Fsp3) is 0.755. The summed E-state index contributed by atoms with van der Waals surface area (Å²) in [5, 5.41) is 42.6. The highest BCUT2D eigenvalue weighted by Crippen LogP contribution is 2.41. The third-order valence-electron chi connectivity index (χ3n) is 8.19. The molecule has 5 atom stereocenters. The largest absolute Gasteiger partial charge is 0.394 e. The lowest BCUT2D eigenvalue weighted by atomic mass is 10.0. The Labute approximate surface area is 423 Å². The van der Waals surface area contributed by atoms with Crippen LogP contribution in [0, 0.1) is 11.8 Å². The molecule has 1 aliphatic heterocycles. The van der Waals surface area contributed by atoms with Gasteiger partial charge in [-0.25, -0.2) is 0 Å². The summed E-state index contributed by atoms with van der Waals surface area (Å²) in [5.74, 6) is 5.34. The average Bonchev–Trinajstić information content (AvgIpc) is 3.95. The second-order valence-electron chi connectivity index (χ2n) is 14.2. The summed E-state index contributed by atoms with van der Waals surface area (Å²) in [6.07, 6.45) is 29.1. The molecule has 376 valence electrons. The van der Waals surface area contributed by atoms with Crippen molar-refractivity contribution in [3.63, 3.8) is 0 Å². The van der Waals surface area contributed by atoms with Gasteiger partial charge in [-0.1, -0.05) is 138 Å². The van der Waals surface area contributed by atoms with Gasteiger partial charge in [0.25, 0.3) is 0 Å². The molecule has 0 spiro atoms. The molecule has 0 aromatic carbocycles. The van der Waals surface area contributed by atoms with E-state index in [1.165, 1.54) is 56.0 Å². The van der Waals surface area contributed by atoms with E-state index in [-0.39, 0.29) is 44.7 Å². The Balaban J connectivity index is -0.000000151. The first-order valence-electron chi connectivity index (χ1n) is 23.2. The lowest BCUT2D eigenvalue weighted by molar-refractivity contribution is 0.192. The van der Waals surface area contributed by atoms with Crippen LogP contribution in [0.15, 0.2) is 54.3 Å². The predicted octanol–water partition coefficient (Wildman–Crippen LogP) is 13.7. The molecular weight excluding hydrogens is 1080 g/mol. The summed E-state index contributed by atoms with van der Waals surface area (Å²) >= 11 is 4.65. The van der Waals surface area contributed by atoms with Crippen molar-refractivity contribution in [2.75, 3.05) is 52.9 Å². The third kappa shape index (κ3) is 60.6. The molecule has 0 aromatic heterocycles. The maximum absolute atomic E-state index is 8.81. The molecule has 0 amide bonds. The van der Waals surface area contributed by atoms with Crippen LogP contribution in [0.4, 0.5) is 0 Å². The molecule has 63 heavy (non-hydrogen) atoms. The van der Waals surface area contributed by atoms with Crippen LogP contribution in [0.1, 0.15) is 178 Å². The van der Waals surface area contributed by atoms with Crippen molar-refractivity contribution in [1.82, 2.24) is 0 Å². The summed E-state index contributed by atoms with van der Waals surface area (Å²) < 4.78 is 22.8. The zero-order valence-corrected chi connectivity index (χ0v) is 49.3. The summed E-state index contributed by atoms with van der Waals surface area (Å²) in [4.78, 5) is 0. The van der Waals surface area contributed by atoms with E-state index in [9.17, 15) is 0 Å². The van der Waals surface area contributed by atoms with Gasteiger partial charge in [-0.15, -0.1) is 5.92 Å². The summed E-state index contributed by atoms with van der Waals surface area (Å²) in [6.45, 7) is 23.9. The molecule has 0 saturated carbocycles. The number of ether oxygens (including phenoxy) is 1. The van der Waals surface area contributed by atoms with Crippen LogP contribution in [-0.2, 0) is 18.3 Å². The second kappa shape index (κ2) is 64.7. The number of aliphatic hydroxyl groups excluding tert-OH is 5. The fourth-order valence-electron chi connectivity index (χ4n) is 5.30. The van der Waals surface area contributed by atoms with Gasteiger partial charge in [0.2, 0.25) is 0 Å². The number of rotatable bonds is 26. The molecule has 0 bridgehead atoms. The van der Waals surface area contributed by atoms with Gasteiger partial charge < -0.3 is 43.8 Å². The maximum atomic E-state index is 8.81. The molecule has 0 aliphatic carbocycles. The SMILES string of the molecule is CC/C=C(/CCC)COP.CC/C=C(\CO)CCC.CC/C=C(\I)CCC.CCC/C(=C/CO)COP.CCC/C(I)=C/CO.CCCC#CCO.CCC[C@]1(COP)O[C@H]1CO. The van der Waals surface area contributed by atoms with Gasteiger partial charge in [0.05, 0.1) is 46.2 Å². The van der Waals surface area contributed by atoms with E-state index >= 15 is 0 Å². The maximum Gasteiger partial charge on any atom is 0.121 e. The number of halogens is 2. The molecule has 1 aliphatic rings. The van der Waals surface area contributed by atoms with Crippen LogP contribution in [0.2, 0.25) is 0 Å². The van der Waals surface area contributed by atoms with Crippen molar-refractivity contribution >= 4 is 73.6 Å². The summed E-state index contributed by atoms with van der Waals surface area (Å²) in [6, 6.07) is 0. The Morgan fingerprint density at radius 2 is 1.00 bits per heavy atom. The Kier molecular flexibility index (Phi) is 77.2. The Morgan fingerprint density at radius 1 is 0.556 bits per heavy atom. The van der Waals surface area contributed by atoms with Crippen molar-refractivity contribution in [3.8, 4) is 11.8 Å². The van der Waals surface area contributed by atoms with Crippen LogP contribution < -0.4 is 0 Å². The van der Waals surface area contributed by atoms with E-state index in [2.05, 4.69) is 173 Å². The van der Waals surface area contributed by atoms with Crippen molar-refractivity contribution in [1.29, 1.82) is 0 Å². The minimum atomic E-state index is -0.175. The molecule has 0 radical (unpaired) electrons. The summed E-state index contributed by atoms with van der Waals surface area (Å²) in [5.41, 5.74) is 3.59. The molecule has 1 saturated heterocycles. The zero-order valence-electron chi connectivity index (χ0n) is 41.5. The number of allylic oxidation sites excluding steroid dienone is 5. The standard InChI is InChI=1S/C8H17OP.C8H16O.C7H13I.C7H15O3P.C7H15O2P.C6H11IO.C6H10O/c1-3-5-8(6-4-2)7-9-10;1-3-5-8(7-9)6-4-2;1-3-5-7(8)6-4-2;1-2-3-7(5-9-11)6(4-8)10-7;1-2-3-7(4-5-8)6-9-10;1-2-3-6(7)4-5-8;1-2-3-4-5-6-7/h5H,3-4,6-7,10H2,1-2H3;5,9H,3-4,6-7H2,1-2H3;5H,3-4,6H2,1-2H3;6,8H,2-5,11H2,1H3;4,8H,2-3,5-6,10H2,1H3;4,8H,2-3,5H2,1H3;7H,2-3,6H2,1H3/b2*8-5-;7-5-;;7-4-;6-4-;/t;;;6-,7+;;;/m...0.../s1. The number of epoxide rings is 1. The quantitative estimate of drug-likeness (QED) is 0.0188. The number of hydrogen-bond acceptors (Lipinski definition) is 9. The molecule has 1 rings (SSSR count). The van der Waals surface area contributed by atoms with Crippen LogP contribution >= 0.6 is 73.6 Å². The molecule has 1 fully saturated rings. The van der Waals surface area contributed by atoms with Gasteiger partial charge in [0, 0.05) is 34.8 Å². The van der Waals surface area contributed by atoms with E-state index < -0.39 is 0 Å². The topological polar surface area (TPSA) is 141 Å². The van der Waals surface area contributed by atoms with Gasteiger partial charge in [-0.2, -0.15) is 0 Å². The molecule has 0 aromatic rings. The first-order chi connectivity index (χ1) is 30.4. The zero-order chi connectivity index (χ0) is 49.4. The van der Waals surface area contributed by atoms with Gasteiger partial charge in [0.15, 0.2) is 0 Å². The van der Waals surface area contributed by atoms with Crippen molar-refractivity contribution in [3.05, 3.63) is 54.3 Å². The van der Waals surface area contributed by atoms with E-state index in [0.29, 0.717) is 13.2 Å². The minimum absolute atomic E-state index is 0. The van der Waals surface area contributed by atoms with E-state index in [4.69, 9.17) is 43.8 Å². The summed E-state index contributed by atoms with van der Waals surface area (Å²) in [7, 11) is 6.69. The van der Waals surface area contributed by atoms with Crippen molar-refractivity contribution < 1.29 is 43.8 Å². The highest BCUT2D eigenvalue weighted by Gasteiger charge is 2.55. The first kappa shape index (κ1) is 75.2. The third-order valence-corrected chi connectivity index (χ3v) is 10.6. The Bertz CT molecular complexity index is 1070. The van der Waals surface area contributed by atoms with Crippen LogP contribution in [0.5, 0.6) is 0 Å². The number of unbranched alkanes of at least 4 members (excludes halogenated alkanes) is 1. The van der Waals surface area contributed by atoms with Crippen LogP contribution in [-0.4, -0.2) is 90.1 Å². The van der Waals surface area contributed by atoms with Crippen LogP contribution in [0.3, 0.4) is 0 Å². The Hall–Kier alpha value is 0.650. The van der Waals surface area contributed by atoms with E-state index in [1.807, 2.05) is 6.08 Å². The fourth-order valence-corrected chi connectivity index (χ4v) is 7.73. The van der Waals surface area contributed by atoms with E-state index in [1.54, 1.807) is 6.08 Å². The normalized spacial score (nSPS) is 15.7. The van der Waals surface area contributed by atoms with E-state index in [0.717, 1.165) is 83.7 Å². The highest BCUT2D eigenvalue weighted by molar-refractivity contribution is 14.1. The second-order valence-corrected chi connectivity index (χ2v) is 18.0. The highest BCUT2D eigenvalue weighted by atomic mass is 127. The first-order valence-corrected chi connectivity index (χ1v) is 26.8. The average molecular weight is 1180 g/mol. The molecule has 9 nitrogen and oxygen atoms in total. The predicted molar refractivity (Wildman–Crippen MR) is 301 cm³/mol. The molecule has 5 N–H and O–H groups in total. The van der Waals surface area contributed by atoms with Crippen LogP contribution in [0.25, 0.3) is 0 Å². The smallest absolute Gasteiger partial charge is 0.121 e. The monoisotopic (exact) mass is 1180 g/mol. The molecule has 3 unspecified atom stereocenters. The molecule has 1 heterocycles.